The fourth-order valence-corrected chi connectivity index (χ4v) is 2.04. The highest BCUT2D eigenvalue weighted by atomic mass is 127. The molecule has 0 fully saturated rings. The minimum absolute atomic E-state index is 0.0370. The van der Waals surface area contributed by atoms with E-state index in [0.717, 1.165) is 0 Å². The van der Waals surface area contributed by atoms with Crippen molar-refractivity contribution in [3.8, 4) is 0 Å². The van der Waals surface area contributed by atoms with E-state index in [1.807, 2.05) is 22.6 Å². The Labute approximate surface area is 88.9 Å². The van der Waals surface area contributed by atoms with Gasteiger partial charge in [-0.15, -0.1) is 12.6 Å². The average molecular weight is 300 g/mol. The summed E-state index contributed by atoms with van der Waals surface area (Å²) in [4.78, 5) is 0.235. The molecule has 0 aromatic heterocycles. The Balaban J connectivity index is 3.60. The fourth-order valence-electron chi connectivity index (χ4n) is 0.872. The van der Waals surface area contributed by atoms with Crippen LogP contribution in [-0.2, 0) is 0 Å². The predicted octanol–water partition coefficient (Wildman–Crippen LogP) is 3.47. The van der Waals surface area contributed by atoms with Gasteiger partial charge in [-0.2, -0.15) is 0 Å². The van der Waals surface area contributed by atoms with Crippen molar-refractivity contribution >= 4 is 35.2 Å². The van der Waals surface area contributed by atoms with Crippen molar-refractivity contribution in [3.63, 3.8) is 0 Å². The van der Waals surface area contributed by atoms with Crippen LogP contribution in [0.2, 0.25) is 0 Å². The van der Waals surface area contributed by atoms with Crippen LogP contribution < -0.4 is 0 Å². The van der Waals surface area contributed by atoms with Gasteiger partial charge in [0.2, 0.25) is 0 Å². The lowest BCUT2D eigenvalue weighted by atomic mass is 10.1. The summed E-state index contributed by atoms with van der Waals surface area (Å²) in [7, 11) is 0. The van der Waals surface area contributed by atoms with Gasteiger partial charge >= 0.3 is 0 Å². The first-order chi connectivity index (χ1) is 5.46. The van der Waals surface area contributed by atoms with Crippen molar-refractivity contribution in [2.45, 2.75) is 18.7 Å². The molecule has 0 amide bonds. The Morgan fingerprint density at radius 2 is 1.58 bits per heavy atom. The maximum Gasteiger partial charge on any atom is 0.142 e. The smallest absolute Gasteiger partial charge is 0.142 e. The SMILES string of the molecule is Cc1c(F)c(S)c(C)c(I)c1F. The third-order valence-electron chi connectivity index (χ3n) is 1.74. The lowest BCUT2D eigenvalue weighted by Gasteiger charge is -2.08. The van der Waals surface area contributed by atoms with Crippen LogP contribution in [-0.4, -0.2) is 0 Å². The molecule has 4 heteroatoms. The molecule has 0 bridgehead atoms. The van der Waals surface area contributed by atoms with Gasteiger partial charge in [0.25, 0.3) is 0 Å². The van der Waals surface area contributed by atoms with E-state index in [-0.39, 0.29) is 10.5 Å². The molecular formula is C8H7F2IS. The van der Waals surface area contributed by atoms with Gasteiger partial charge in [-0.05, 0) is 42.0 Å². The number of halogens is 3. The second-order valence-electron chi connectivity index (χ2n) is 2.54. The zero-order chi connectivity index (χ0) is 9.46. The molecule has 1 rings (SSSR count). The summed E-state index contributed by atoms with van der Waals surface area (Å²) in [6.07, 6.45) is 0. The lowest BCUT2D eigenvalue weighted by Crippen LogP contribution is -1.98. The molecule has 0 atom stereocenters. The zero-order valence-corrected chi connectivity index (χ0v) is 9.63. The van der Waals surface area contributed by atoms with Crippen LogP contribution in [0, 0.1) is 29.1 Å². The molecule has 12 heavy (non-hydrogen) atoms. The number of hydrogen-bond donors (Lipinski definition) is 1. The van der Waals surface area contributed by atoms with Gasteiger partial charge in [0.1, 0.15) is 11.6 Å². The van der Waals surface area contributed by atoms with Crippen LogP contribution in [0.3, 0.4) is 0 Å². The lowest BCUT2D eigenvalue weighted by molar-refractivity contribution is 0.543. The first-order valence-corrected chi connectivity index (χ1v) is 4.82. The van der Waals surface area contributed by atoms with Crippen LogP contribution in [0.15, 0.2) is 4.90 Å². The summed E-state index contributed by atoms with van der Waals surface area (Å²) in [6, 6.07) is 0. The van der Waals surface area contributed by atoms with E-state index < -0.39 is 11.6 Å². The molecule has 66 valence electrons. The normalized spacial score (nSPS) is 10.5. The van der Waals surface area contributed by atoms with Crippen LogP contribution in [0.4, 0.5) is 8.78 Å². The van der Waals surface area contributed by atoms with Crippen molar-refractivity contribution in [3.05, 3.63) is 26.3 Å². The van der Waals surface area contributed by atoms with Gasteiger partial charge in [-0.25, -0.2) is 8.78 Å². The Morgan fingerprint density at radius 3 is 2.08 bits per heavy atom. The molecule has 0 N–H and O–H groups in total. The topological polar surface area (TPSA) is 0 Å². The Morgan fingerprint density at radius 1 is 1.08 bits per heavy atom. The maximum atomic E-state index is 13.2. The first-order valence-electron chi connectivity index (χ1n) is 3.29. The van der Waals surface area contributed by atoms with Crippen molar-refractivity contribution in [1.29, 1.82) is 0 Å². The third-order valence-corrected chi connectivity index (χ3v) is 3.56. The predicted molar refractivity (Wildman–Crippen MR) is 55.8 cm³/mol. The summed E-state index contributed by atoms with van der Waals surface area (Å²) in [5, 5.41) is 0. The highest BCUT2D eigenvalue weighted by Gasteiger charge is 2.15. The van der Waals surface area contributed by atoms with Crippen molar-refractivity contribution in [1.82, 2.24) is 0 Å². The number of rotatable bonds is 0. The molecular weight excluding hydrogens is 293 g/mol. The number of benzene rings is 1. The Bertz CT molecular complexity index is 231. The van der Waals surface area contributed by atoms with E-state index in [4.69, 9.17) is 0 Å². The van der Waals surface area contributed by atoms with Gasteiger partial charge < -0.3 is 0 Å². The Hall–Kier alpha value is 0.160. The number of thiol groups is 1. The van der Waals surface area contributed by atoms with Gasteiger partial charge in [0.15, 0.2) is 0 Å². The quantitative estimate of drug-likeness (QED) is 0.423. The second kappa shape index (κ2) is 3.49. The summed E-state index contributed by atoms with van der Waals surface area (Å²) in [6.45, 7) is 3.06. The van der Waals surface area contributed by atoms with Crippen LogP contribution in [0.25, 0.3) is 0 Å². The summed E-state index contributed by atoms with van der Waals surface area (Å²) in [5.41, 5.74) is 0.592. The second-order valence-corrected chi connectivity index (χ2v) is 4.07. The van der Waals surface area contributed by atoms with Crippen molar-refractivity contribution in [2.75, 3.05) is 0 Å². The minimum Gasteiger partial charge on any atom is -0.205 e. The summed E-state index contributed by atoms with van der Waals surface area (Å²) >= 11 is 5.80. The fraction of sp³-hybridized carbons (Fsp3) is 0.250. The highest BCUT2D eigenvalue weighted by molar-refractivity contribution is 14.1. The molecule has 0 saturated carbocycles. The van der Waals surface area contributed by atoms with Gasteiger partial charge in [-0.1, -0.05) is 0 Å². The molecule has 0 saturated heterocycles. The zero-order valence-electron chi connectivity index (χ0n) is 6.58. The first kappa shape index (κ1) is 10.2. The van der Waals surface area contributed by atoms with Gasteiger partial charge in [0, 0.05) is 10.5 Å². The highest BCUT2D eigenvalue weighted by Crippen LogP contribution is 2.28. The van der Waals surface area contributed by atoms with Crippen LogP contribution in [0.1, 0.15) is 11.1 Å². The van der Waals surface area contributed by atoms with E-state index in [2.05, 4.69) is 12.6 Å². The minimum atomic E-state index is -0.561. The van der Waals surface area contributed by atoms with Crippen LogP contribution in [0.5, 0.6) is 0 Å². The molecule has 1 aromatic carbocycles. The average Bonchev–Trinajstić information content (AvgIpc) is 2.08. The molecule has 0 unspecified atom stereocenters. The van der Waals surface area contributed by atoms with Gasteiger partial charge in [0.05, 0.1) is 3.57 Å². The monoisotopic (exact) mass is 300 g/mol. The maximum absolute atomic E-state index is 13.2. The van der Waals surface area contributed by atoms with Crippen LogP contribution >= 0.6 is 35.2 Å². The molecule has 0 aliphatic carbocycles. The van der Waals surface area contributed by atoms with E-state index in [1.54, 1.807) is 6.92 Å². The van der Waals surface area contributed by atoms with Gasteiger partial charge in [-0.3, -0.25) is 0 Å². The Kier molecular flexibility index (Phi) is 2.98. The summed E-state index contributed by atoms with van der Waals surface area (Å²) in [5.74, 6) is -1.04. The molecule has 0 spiro atoms. The van der Waals surface area contributed by atoms with E-state index in [0.29, 0.717) is 9.13 Å². The number of hydrogen-bond acceptors (Lipinski definition) is 1. The van der Waals surface area contributed by atoms with Crippen molar-refractivity contribution in [2.24, 2.45) is 0 Å². The standard InChI is InChI=1S/C8H7F2IS/c1-3-5(9)7(11)4(2)8(12)6(3)10/h12H,1-2H3. The third kappa shape index (κ3) is 1.46. The molecule has 0 heterocycles. The molecule has 0 aliphatic heterocycles. The van der Waals surface area contributed by atoms with Crippen molar-refractivity contribution < 1.29 is 8.78 Å². The van der Waals surface area contributed by atoms with E-state index in [9.17, 15) is 8.78 Å². The summed E-state index contributed by atoms with van der Waals surface area (Å²) < 4.78 is 26.7. The largest absolute Gasteiger partial charge is 0.205 e. The van der Waals surface area contributed by atoms with E-state index in [1.165, 1.54) is 6.92 Å². The molecule has 0 radical (unpaired) electrons. The molecule has 0 aliphatic rings. The molecule has 1 aromatic rings. The molecule has 0 nitrogen and oxygen atoms in total. The van der Waals surface area contributed by atoms with E-state index >= 15 is 0 Å².